The van der Waals surface area contributed by atoms with Crippen molar-refractivity contribution < 1.29 is 14.2 Å². The third-order valence-corrected chi connectivity index (χ3v) is 3.12. The van der Waals surface area contributed by atoms with Gasteiger partial charge in [0.15, 0.2) is 0 Å². The summed E-state index contributed by atoms with van der Waals surface area (Å²) < 4.78 is 16.5. The molecule has 1 aliphatic rings. The van der Waals surface area contributed by atoms with Gasteiger partial charge in [0.2, 0.25) is 11.4 Å². The fourth-order valence-electron chi connectivity index (χ4n) is 1.83. The zero-order chi connectivity index (χ0) is 12.3. The molecule has 0 spiro atoms. The Morgan fingerprint density at radius 1 is 1.24 bits per heavy atom. The van der Waals surface area contributed by atoms with Crippen molar-refractivity contribution in [3.05, 3.63) is 35.9 Å². The van der Waals surface area contributed by atoms with Crippen molar-refractivity contribution in [3.8, 4) is 0 Å². The van der Waals surface area contributed by atoms with Crippen molar-refractivity contribution >= 4 is 11.6 Å². The molecule has 0 saturated carbocycles. The normalized spacial score (nSPS) is 27.4. The summed E-state index contributed by atoms with van der Waals surface area (Å²) in [5.41, 5.74) is 1.05. The third kappa shape index (κ3) is 2.63. The van der Waals surface area contributed by atoms with Crippen molar-refractivity contribution in [2.24, 2.45) is 0 Å². The molecule has 0 bridgehead atoms. The minimum atomic E-state index is -0.882. The van der Waals surface area contributed by atoms with E-state index in [0.29, 0.717) is 13.2 Å². The van der Waals surface area contributed by atoms with E-state index in [1.807, 2.05) is 44.2 Å². The third-order valence-electron chi connectivity index (χ3n) is 2.66. The van der Waals surface area contributed by atoms with Gasteiger partial charge in [0.25, 0.3) is 0 Å². The van der Waals surface area contributed by atoms with Crippen LogP contribution in [0.25, 0.3) is 0 Å². The molecule has 1 heterocycles. The summed E-state index contributed by atoms with van der Waals surface area (Å²) in [6.45, 7) is 4.91. The summed E-state index contributed by atoms with van der Waals surface area (Å²) in [5, 5.41) is -0.882. The number of ether oxygens (including phenoxy) is 3. The molecule has 17 heavy (non-hydrogen) atoms. The van der Waals surface area contributed by atoms with Gasteiger partial charge in [0.1, 0.15) is 6.10 Å². The monoisotopic (exact) mass is 256 g/mol. The highest BCUT2D eigenvalue weighted by Crippen LogP contribution is 2.56. The van der Waals surface area contributed by atoms with Crippen LogP contribution in [0, 0.1) is 0 Å². The minimum absolute atomic E-state index is 0.159. The quantitative estimate of drug-likeness (QED) is 0.445. The standard InChI is InChI=1S/C13H17ClO3/c1-3-15-12(16-4-2)13(14)11(17-13)10-8-6-5-7-9-10/h5-9,11-12H,3-4H2,1-2H3. The Hall–Kier alpha value is -0.610. The molecule has 94 valence electrons. The lowest BCUT2D eigenvalue weighted by molar-refractivity contribution is -0.156. The van der Waals surface area contributed by atoms with Crippen LogP contribution in [0.15, 0.2) is 30.3 Å². The van der Waals surface area contributed by atoms with Crippen molar-refractivity contribution in [1.29, 1.82) is 0 Å². The van der Waals surface area contributed by atoms with Gasteiger partial charge in [-0.25, -0.2) is 0 Å². The summed E-state index contributed by atoms with van der Waals surface area (Å²) in [6, 6.07) is 9.87. The largest absolute Gasteiger partial charge is 0.349 e. The lowest BCUT2D eigenvalue weighted by Gasteiger charge is -2.19. The molecule has 1 aromatic carbocycles. The zero-order valence-corrected chi connectivity index (χ0v) is 10.8. The highest BCUT2D eigenvalue weighted by Gasteiger charge is 2.63. The first-order valence-electron chi connectivity index (χ1n) is 5.87. The summed E-state index contributed by atoms with van der Waals surface area (Å²) >= 11 is 6.40. The summed E-state index contributed by atoms with van der Waals surface area (Å²) in [5.74, 6) is 0. The lowest BCUT2D eigenvalue weighted by Crippen LogP contribution is -2.31. The molecule has 0 aliphatic carbocycles. The zero-order valence-electron chi connectivity index (χ0n) is 10.1. The van der Waals surface area contributed by atoms with E-state index in [1.54, 1.807) is 0 Å². The van der Waals surface area contributed by atoms with Crippen molar-refractivity contribution in [1.82, 2.24) is 0 Å². The molecule has 2 unspecified atom stereocenters. The number of hydrogen-bond donors (Lipinski definition) is 0. The van der Waals surface area contributed by atoms with Gasteiger partial charge in [-0.3, -0.25) is 0 Å². The fraction of sp³-hybridized carbons (Fsp3) is 0.538. The first-order chi connectivity index (χ1) is 8.22. The molecule has 2 rings (SSSR count). The van der Waals surface area contributed by atoms with E-state index in [2.05, 4.69) is 0 Å². The summed E-state index contributed by atoms with van der Waals surface area (Å²) in [6.07, 6.45) is -0.683. The average molecular weight is 257 g/mol. The van der Waals surface area contributed by atoms with E-state index in [4.69, 9.17) is 25.8 Å². The number of alkyl halides is 1. The van der Waals surface area contributed by atoms with E-state index in [9.17, 15) is 0 Å². The average Bonchev–Trinajstić information content (AvgIpc) is 3.04. The Morgan fingerprint density at radius 2 is 1.82 bits per heavy atom. The second-order valence-corrected chi connectivity index (χ2v) is 4.44. The van der Waals surface area contributed by atoms with Crippen LogP contribution in [0.2, 0.25) is 0 Å². The van der Waals surface area contributed by atoms with E-state index in [0.717, 1.165) is 5.56 Å². The maximum atomic E-state index is 6.40. The first-order valence-corrected chi connectivity index (χ1v) is 6.25. The maximum Gasteiger partial charge on any atom is 0.223 e. The number of halogens is 1. The molecule has 1 fully saturated rings. The maximum absolute atomic E-state index is 6.40. The van der Waals surface area contributed by atoms with Crippen LogP contribution in [0.5, 0.6) is 0 Å². The number of benzene rings is 1. The molecular weight excluding hydrogens is 240 g/mol. The second-order valence-electron chi connectivity index (χ2n) is 3.85. The minimum Gasteiger partial charge on any atom is -0.349 e. The lowest BCUT2D eigenvalue weighted by atomic mass is 10.1. The van der Waals surface area contributed by atoms with Crippen molar-refractivity contribution in [2.75, 3.05) is 13.2 Å². The predicted octanol–water partition coefficient (Wildman–Crippen LogP) is 3.09. The molecule has 1 aliphatic heterocycles. The number of epoxide rings is 1. The van der Waals surface area contributed by atoms with E-state index < -0.39 is 11.4 Å². The Balaban J connectivity index is 2.06. The molecule has 0 amide bonds. The first kappa shape index (κ1) is 12.8. The SMILES string of the molecule is CCOC(OCC)C1(Cl)OC1c1ccccc1. The van der Waals surface area contributed by atoms with E-state index in [1.165, 1.54) is 0 Å². The van der Waals surface area contributed by atoms with Gasteiger partial charge >= 0.3 is 0 Å². The molecule has 2 atom stereocenters. The molecule has 1 aromatic rings. The Bertz CT molecular complexity index is 351. The van der Waals surface area contributed by atoms with Crippen LogP contribution < -0.4 is 0 Å². The summed E-state index contributed by atoms with van der Waals surface area (Å²) in [4.78, 5) is 0. The molecule has 0 N–H and O–H groups in total. The smallest absolute Gasteiger partial charge is 0.223 e. The van der Waals surface area contributed by atoms with E-state index >= 15 is 0 Å². The van der Waals surface area contributed by atoms with Gasteiger partial charge in [-0.15, -0.1) is 0 Å². The van der Waals surface area contributed by atoms with Crippen molar-refractivity contribution in [2.45, 2.75) is 31.3 Å². The Labute approximate surface area is 107 Å². The highest BCUT2D eigenvalue weighted by molar-refractivity contribution is 6.25. The van der Waals surface area contributed by atoms with Crippen LogP contribution in [0.1, 0.15) is 25.5 Å². The van der Waals surface area contributed by atoms with E-state index in [-0.39, 0.29) is 6.10 Å². The number of rotatable bonds is 6. The molecular formula is C13H17ClO3. The second kappa shape index (κ2) is 5.36. The van der Waals surface area contributed by atoms with Gasteiger partial charge < -0.3 is 14.2 Å². The fourth-order valence-corrected chi connectivity index (χ4v) is 2.17. The molecule has 0 aromatic heterocycles. The summed E-state index contributed by atoms with van der Waals surface area (Å²) in [7, 11) is 0. The van der Waals surface area contributed by atoms with Crippen LogP contribution in [0.3, 0.4) is 0 Å². The van der Waals surface area contributed by atoms with Gasteiger partial charge in [0.05, 0.1) is 0 Å². The Morgan fingerprint density at radius 3 is 2.35 bits per heavy atom. The predicted molar refractivity (Wildman–Crippen MR) is 65.9 cm³/mol. The molecule has 4 heteroatoms. The van der Waals surface area contributed by atoms with Gasteiger partial charge in [-0.1, -0.05) is 41.9 Å². The highest BCUT2D eigenvalue weighted by atomic mass is 35.5. The Kier molecular flexibility index (Phi) is 4.05. The molecule has 0 radical (unpaired) electrons. The van der Waals surface area contributed by atoms with Crippen LogP contribution in [-0.2, 0) is 14.2 Å². The van der Waals surface area contributed by atoms with Crippen LogP contribution in [0.4, 0.5) is 0 Å². The van der Waals surface area contributed by atoms with Crippen LogP contribution in [-0.4, -0.2) is 24.6 Å². The van der Waals surface area contributed by atoms with Crippen molar-refractivity contribution in [3.63, 3.8) is 0 Å². The molecule has 1 saturated heterocycles. The topological polar surface area (TPSA) is 31.0 Å². The van der Waals surface area contributed by atoms with Crippen LogP contribution >= 0.6 is 11.6 Å². The van der Waals surface area contributed by atoms with Gasteiger partial charge in [0, 0.05) is 13.2 Å². The van der Waals surface area contributed by atoms with Gasteiger partial charge in [-0.2, -0.15) is 0 Å². The van der Waals surface area contributed by atoms with Gasteiger partial charge in [-0.05, 0) is 19.4 Å². The molecule has 3 nitrogen and oxygen atoms in total. The number of hydrogen-bond acceptors (Lipinski definition) is 3.